The monoisotopic (exact) mass is 362 g/mol. The van der Waals surface area contributed by atoms with E-state index in [-0.39, 0.29) is 16.9 Å². The molecule has 134 valence electrons. The molecule has 0 saturated heterocycles. The molecule has 3 N–H and O–H groups in total. The predicted molar refractivity (Wildman–Crippen MR) is 98.0 cm³/mol. The van der Waals surface area contributed by atoms with Crippen LogP contribution in [0.5, 0.6) is 5.88 Å². The average Bonchev–Trinajstić information content (AvgIpc) is 2.95. The molecule has 8 heteroatoms. The van der Waals surface area contributed by atoms with Crippen molar-refractivity contribution in [2.75, 3.05) is 12.8 Å². The third-order valence-electron chi connectivity index (χ3n) is 4.29. The highest BCUT2D eigenvalue weighted by molar-refractivity contribution is 6.23. The van der Waals surface area contributed by atoms with Crippen LogP contribution in [0.15, 0.2) is 53.3 Å². The minimum absolute atomic E-state index is 0.00417. The number of carbonyl (C=O) groups is 2. The Balaban J connectivity index is 1.89. The number of nitrogens with two attached hydrogens (primary N) is 1. The third-order valence-corrected chi connectivity index (χ3v) is 4.29. The van der Waals surface area contributed by atoms with Crippen molar-refractivity contribution in [1.82, 2.24) is 14.9 Å². The molecular formula is C19H14N4O4. The Bertz CT molecular complexity index is 1170. The van der Waals surface area contributed by atoms with E-state index in [1.54, 1.807) is 30.3 Å². The first-order valence-corrected chi connectivity index (χ1v) is 8.02. The molecule has 3 aromatic rings. The Morgan fingerprint density at radius 2 is 1.81 bits per heavy atom. The molecule has 0 saturated carbocycles. The van der Waals surface area contributed by atoms with Crippen LogP contribution in [0.2, 0.25) is 0 Å². The lowest BCUT2D eigenvalue weighted by atomic mass is 10.1. The molecule has 1 aliphatic heterocycles. The number of carbonyl (C=O) groups excluding carboxylic acids is 2. The van der Waals surface area contributed by atoms with Crippen molar-refractivity contribution in [3.63, 3.8) is 0 Å². The molecule has 1 aromatic carbocycles. The molecule has 8 nitrogen and oxygen atoms in total. The first-order chi connectivity index (χ1) is 13.0. The van der Waals surface area contributed by atoms with Gasteiger partial charge in [-0.05, 0) is 18.2 Å². The number of rotatable bonds is 3. The van der Waals surface area contributed by atoms with Gasteiger partial charge < -0.3 is 10.5 Å². The number of imide groups is 1. The molecule has 2 amide bonds. The fourth-order valence-electron chi connectivity index (χ4n) is 3.04. The Morgan fingerprint density at radius 3 is 2.59 bits per heavy atom. The number of nitrogen functional groups attached to an aromatic ring is 1. The second-order valence-electron chi connectivity index (χ2n) is 5.89. The van der Waals surface area contributed by atoms with E-state index >= 15 is 0 Å². The zero-order chi connectivity index (χ0) is 19.1. The number of ether oxygens (including phenoxy) is 1. The molecule has 0 fully saturated rings. The Labute approximate surface area is 153 Å². The summed E-state index contributed by atoms with van der Waals surface area (Å²) in [4.78, 5) is 40.7. The van der Waals surface area contributed by atoms with E-state index in [4.69, 9.17) is 10.5 Å². The molecule has 0 radical (unpaired) electrons. The standard InChI is InChI=1S/C19H14N4O4/c1-27-14-7-3-6-13(21-14)10-4-2-5-11(8-10)23-15(24)9-12-16(17(23)20)19(26)22-18(12)25/h2-9H,20H2,1H3,(H,22,25,26). The van der Waals surface area contributed by atoms with Crippen molar-refractivity contribution in [2.45, 2.75) is 0 Å². The van der Waals surface area contributed by atoms with Crippen molar-refractivity contribution in [2.24, 2.45) is 0 Å². The Kier molecular flexibility index (Phi) is 3.73. The van der Waals surface area contributed by atoms with Gasteiger partial charge in [0, 0.05) is 17.7 Å². The quantitative estimate of drug-likeness (QED) is 0.680. The first kappa shape index (κ1) is 16.5. The summed E-state index contributed by atoms with van der Waals surface area (Å²) >= 11 is 0. The number of pyridine rings is 2. The fraction of sp³-hybridized carbons (Fsp3) is 0.0526. The van der Waals surface area contributed by atoms with Crippen LogP contribution in [0.4, 0.5) is 5.82 Å². The van der Waals surface area contributed by atoms with E-state index in [2.05, 4.69) is 10.3 Å². The Morgan fingerprint density at radius 1 is 1.04 bits per heavy atom. The number of nitrogens with one attached hydrogen (secondary N) is 1. The van der Waals surface area contributed by atoms with Crippen molar-refractivity contribution in [3.8, 4) is 22.8 Å². The van der Waals surface area contributed by atoms with E-state index in [0.29, 0.717) is 17.3 Å². The summed E-state index contributed by atoms with van der Waals surface area (Å²) in [6, 6.07) is 13.4. The molecule has 0 atom stereocenters. The number of amides is 2. The maximum absolute atomic E-state index is 12.6. The van der Waals surface area contributed by atoms with Crippen molar-refractivity contribution in [3.05, 3.63) is 70.0 Å². The first-order valence-electron chi connectivity index (χ1n) is 8.02. The van der Waals surface area contributed by atoms with E-state index in [0.717, 1.165) is 11.6 Å². The van der Waals surface area contributed by atoms with Crippen LogP contribution in [0.25, 0.3) is 16.9 Å². The molecule has 0 aliphatic carbocycles. The van der Waals surface area contributed by atoms with Crippen molar-refractivity contribution >= 4 is 17.6 Å². The van der Waals surface area contributed by atoms with Gasteiger partial charge in [0.15, 0.2) is 0 Å². The van der Waals surface area contributed by atoms with Crippen LogP contribution in [0, 0.1) is 0 Å². The molecule has 3 heterocycles. The van der Waals surface area contributed by atoms with Crippen molar-refractivity contribution < 1.29 is 14.3 Å². The lowest BCUT2D eigenvalue weighted by molar-refractivity contribution is 0.0880. The van der Waals surface area contributed by atoms with E-state index in [1.807, 2.05) is 12.1 Å². The average molecular weight is 362 g/mol. The lowest BCUT2D eigenvalue weighted by Crippen LogP contribution is -2.24. The molecule has 2 aromatic heterocycles. The number of methoxy groups -OCH3 is 1. The van der Waals surface area contributed by atoms with Gasteiger partial charge in [0.05, 0.1) is 29.6 Å². The number of hydrogen-bond donors (Lipinski definition) is 2. The van der Waals surface area contributed by atoms with Gasteiger partial charge in [0.25, 0.3) is 17.4 Å². The second kappa shape index (κ2) is 6.10. The highest BCUT2D eigenvalue weighted by atomic mass is 16.5. The zero-order valence-electron chi connectivity index (χ0n) is 14.2. The van der Waals surface area contributed by atoms with E-state index < -0.39 is 17.4 Å². The van der Waals surface area contributed by atoms with Crippen LogP contribution in [-0.2, 0) is 0 Å². The fourth-order valence-corrected chi connectivity index (χ4v) is 3.04. The summed E-state index contributed by atoms with van der Waals surface area (Å²) in [6.07, 6.45) is 0. The minimum atomic E-state index is -0.625. The predicted octanol–water partition coefficient (Wildman–Crippen LogP) is 1.37. The number of nitrogens with zero attached hydrogens (tertiary/aromatic N) is 2. The summed E-state index contributed by atoms with van der Waals surface area (Å²) in [7, 11) is 1.53. The van der Waals surface area contributed by atoms with Gasteiger partial charge in [0.2, 0.25) is 5.88 Å². The SMILES string of the molecule is COc1cccc(-c2cccc(-n3c(N)c4c(cc3=O)C(=O)NC4=O)c2)n1. The van der Waals surface area contributed by atoms with Gasteiger partial charge >= 0.3 is 0 Å². The lowest BCUT2D eigenvalue weighted by Gasteiger charge is -2.13. The summed E-state index contributed by atoms with van der Waals surface area (Å²) in [5, 5.41) is 2.14. The molecule has 27 heavy (non-hydrogen) atoms. The number of hydrogen-bond acceptors (Lipinski definition) is 6. The van der Waals surface area contributed by atoms with Gasteiger partial charge in [0.1, 0.15) is 5.82 Å². The number of aromatic nitrogens is 2. The van der Waals surface area contributed by atoms with Crippen LogP contribution in [-0.4, -0.2) is 28.5 Å². The van der Waals surface area contributed by atoms with Gasteiger partial charge in [-0.15, -0.1) is 0 Å². The summed E-state index contributed by atoms with van der Waals surface area (Å²) in [5.74, 6) is -0.869. The number of fused-ring (bicyclic) bond motifs is 1. The summed E-state index contributed by atoms with van der Waals surface area (Å²) < 4.78 is 6.33. The normalized spacial score (nSPS) is 12.6. The highest BCUT2D eigenvalue weighted by Gasteiger charge is 2.31. The van der Waals surface area contributed by atoms with Gasteiger partial charge in [-0.25, -0.2) is 4.98 Å². The topological polar surface area (TPSA) is 116 Å². The van der Waals surface area contributed by atoms with E-state index in [1.165, 1.54) is 11.7 Å². The zero-order valence-corrected chi connectivity index (χ0v) is 14.2. The number of benzene rings is 1. The molecule has 0 spiro atoms. The molecule has 4 rings (SSSR count). The van der Waals surface area contributed by atoms with Crippen LogP contribution in [0.3, 0.4) is 0 Å². The maximum atomic E-state index is 12.6. The molecule has 1 aliphatic rings. The van der Waals surface area contributed by atoms with Crippen LogP contribution < -0.4 is 21.3 Å². The van der Waals surface area contributed by atoms with Gasteiger partial charge in [-0.2, -0.15) is 0 Å². The molecular weight excluding hydrogens is 348 g/mol. The highest BCUT2D eigenvalue weighted by Crippen LogP contribution is 2.26. The van der Waals surface area contributed by atoms with Crippen LogP contribution >= 0.6 is 0 Å². The second-order valence-corrected chi connectivity index (χ2v) is 5.89. The molecule has 0 bridgehead atoms. The third kappa shape index (κ3) is 2.63. The maximum Gasteiger partial charge on any atom is 0.262 e. The van der Waals surface area contributed by atoms with Gasteiger partial charge in [-0.1, -0.05) is 18.2 Å². The molecule has 0 unspecified atom stereocenters. The Hall–Kier alpha value is -3.94. The van der Waals surface area contributed by atoms with Crippen molar-refractivity contribution in [1.29, 1.82) is 0 Å². The summed E-state index contributed by atoms with van der Waals surface area (Å²) in [5.41, 5.74) is 7.39. The summed E-state index contributed by atoms with van der Waals surface area (Å²) in [6.45, 7) is 0. The van der Waals surface area contributed by atoms with Gasteiger partial charge in [-0.3, -0.25) is 24.3 Å². The largest absolute Gasteiger partial charge is 0.481 e. The smallest absolute Gasteiger partial charge is 0.262 e. The van der Waals surface area contributed by atoms with Crippen LogP contribution in [0.1, 0.15) is 20.7 Å². The van der Waals surface area contributed by atoms with E-state index in [9.17, 15) is 14.4 Å². The number of anilines is 1. The minimum Gasteiger partial charge on any atom is -0.481 e.